The van der Waals surface area contributed by atoms with E-state index in [0.717, 1.165) is 0 Å². The van der Waals surface area contributed by atoms with Gasteiger partial charge in [-0.3, -0.25) is 27.4 Å². The molecule has 0 bridgehead atoms. The zero-order valence-electron chi connectivity index (χ0n) is 42.3. The zero-order valence-corrected chi connectivity index (χ0v) is 47.7. The second-order valence-corrected chi connectivity index (χ2v) is 28.7. The molecule has 0 aliphatic rings. The van der Waals surface area contributed by atoms with Crippen LogP contribution in [0.2, 0.25) is 0 Å². The minimum atomic E-state index is -4.21. The van der Waals surface area contributed by atoms with Crippen molar-refractivity contribution in [3.63, 3.8) is 0 Å². The van der Waals surface area contributed by atoms with Gasteiger partial charge >= 0.3 is 45.6 Å². The Labute approximate surface area is 393 Å². The van der Waals surface area contributed by atoms with Crippen LogP contribution in [0, 0.1) is 0 Å². The lowest BCUT2D eigenvalue weighted by Gasteiger charge is -2.39. The van der Waals surface area contributed by atoms with Gasteiger partial charge in [0.2, 0.25) is 0 Å². The van der Waals surface area contributed by atoms with Crippen LogP contribution in [-0.2, 0) is 81.7 Å². The summed E-state index contributed by atoms with van der Waals surface area (Å²) in [7, 11) is -23.6. The second kappa shape index (κ2) is 34.3. The third kappa shape index (κ3) is 20.5. The molecule has 0 aromatic carbocycles. The van der Waals surface area contributed by atoms with Gasteiger partial charge in [-0.15, -0.1) is 0 Å². The number of rotatable bonds is 44. The standard InChI is InChI=1S/C41H90O18P6/c1-15-38(62(44,52-20-6)53-21-7)40(64(46,56-24-10)57-25-11)34-35-41(65(47,58-26-12)59-27-13)39(63(45,54-22-8)55-23-9)31-29-28-30-37(61(43,50-18-4)51-19-5)33-32-36(14)60(42,48-16-2)49-17-3/h36-41H,15-35H2,1-14H3. The molecule has 0 saturated carbocycles. The first-order valence-corrected chi connectivity index (χ1v) is 33.8. The Morgan fingerprint density at radius 3 is 0.831 bits per heavy atom. The molecule has 6 unspecified atom stereocenters. The molecule has 392 valence electrons. The highest BCUT2D eigenvalue weighted by molar-refractivity contribution is 7.60. The smallest absolute Gasteiger partial charge is 0.309 e. The zero-order chi connectivity index (χ0) is 49.8. The Morgan fingerprint density at radius 1 is 0.277 bits per heavy atom. The summed E-state index contributed by atoms with van der Waals surface area (Å²) in [6.07, 6.45) is 1.96. The average Bonchev–Trinajstić information content (AvgIpc) is 3.23. The van der Waals surface area contributed by atoms with Gasteiger partial charge in [0.25, 0.3) is 0 Å². The molecule has 0 aliphatic carbocycles. The van der Waals surface area contributed by atoms with Gasteiger partial charge in [-0.25, -0.2) is 0 Å². The third-order valence-electron chi connectivity index (χ3n) is 10.6. The number of hydrogen-bond donors (Lipinski definition) is 0. The van der Waals surface area contributed by atoms with Crippen molar-refractivity contribution in [2.75, 3.05) is 79.3 Å². The molecule has 0 N–H and O–H groups in total. The second-order valence-electron chi connectivity index (χ2n) is 14.9. The van der Waals surface area contributed by atoms with Crippen LogP contribution < -0.4 is 0 Å². The summed E-state index contributed by atoms with van der Waals surface area (Å²) in [5.74, 6) is 0. The van der Waals surface area contributed by atoms with Crippen LogP contribution in [0.25, 0.3) is 0 Å². The maximum Gasteiger partial charge on any atom is 0.334 e. The molecule has 0 saturated heterocycles. The lowest BCUT2D eigenvalue weighted by atomic mass is 10.0. The Kier molecular flexibility index (Phi) is 34.8. The number of unbranched alkanes of at least 4 members (excludes halogenated alkanes) is 1. The van der Waals surface area contributed by atoms with Crippen molar-refractivity contribution >= 4 is 45.6 Å². The normalized spacial score (nSPS) is 16.3. The Balaban J connectivity index is 7.66. The number of hydrogen-bond acceptors (Lipinski definition) is 18. The highest BCUT2D eigenvalue weighted by Gasteiger charge is 2.54. The van der Waals surface area contributed by atoms with E-state index >= 15 is 9.13 Å². The van der Waals surface area contributed by atoms with Crippen molar-refractivity contribution in [3.05, 3.63) is 0 Å². The Hall–Kier alpha value is 0.900. The molecule has 24 heteroatoms. The maximum absolute atomic E-state index is 15.3. The molecule has 0 rings (SSSR count). The molecule has 0 heterocycles. The average molecular weight is 1060 g/mol. The van der Waals surface area contributed by atoms with Crippen LogP contribution in [0.1, 0.15) is 155 Å². The predicted molar refractivity (Wildman–Crippen MR) is 261 cm³/mol. The van der Waals surface area contributed by atoms with Gasteiger partial charge in [-0.2, -0.15) is 0 Å². The first kappa shape index (κ1) is 65.9. The van der Waals surface area contributed by atoms with E-state index in [0.29, 0.717) is 32.1 Å². The fourth-order valence-electron chi connectivity index (χ4n) is 8.13. The quantitative estimate of drug-likeness (QED) is 0.0410. The summed E-state index contributed by atoms with van der Waals surface area (Å²) >= 11 is 0. The van der Waals surface area contributed by atoms with Gasteiger partial charge in [0.15, 0.2) is 0 Å². The van der Waals surface area contributed by atoms with Crippen molar-refractivity contribution in [2.45, 2.75) is 189 Å². The van der Waals surface area contributed by atoms with Crippen LogP contribution in [-0.4, -0.2) is 113 Å². The minimum Gasteiger partial charge on any atom is -0.309 e. The van der Waals surface area contributed by atoms with Gasteiger partial charge in [-0.05, 0) is 128 Å². The van der Waals surface area contributed by atoms with Gasteiger partial charge in [-0.1, -0.05) is 26.7 Å². The van der Waals surface area contributed by atoms with E-state index in [9.17, 15) is 18.3 Å². The van der Waals surface area contributed by atoms with E-state index < -0.39 is 79.5 Å². The van der Waals surface area contributed by atoms with Crippen molar-refractivity contribution < 1.29 is 81.7 Å². The van der Waals surface area contributed by atoms with Gasteiger partial charge < -0.3 is 54.3 Å². The monoisotopic (exact) mass is 1060 g/mol. The van der Waals surface area contributed by atoms with Crippen LogP contribution >= 0.6 is 45.6 Å². The van der Waals surface area contributed by atoms with Crippen molar-refractivity contribution in [1.29, 1.82) is 0 Å². The topological polar surface area (TPSA) is 213 Å². The van der Waals surface area contributed by atoms with E-state index in [1.54, 1.807) is 96.9 Å². The third-order valence-corrected chi connectivity index (χ3v) is 27.1. The van der Waals surface area contributed by atoms with E-state index in [1.165, 1.54) is 0 Å². The molecule has 0 fully saturated rings. The van der Waals surface area contributed by atoms with E-state index in [1.807, 2.05) is 0 Å². The van der Waals surface area contributed by atoms with Gasteiger partial charge in [0.05, 0.1) is 113 Å². The first-order chi connectivity index (χ1) is 30.8. The summed E-state index contributed by atoms with van der Waals surface area (Å²) in [4.78, 5) is 0. The van der Waals surface area contributed by atoms with Crippen LogP contribution in [0.5, 0.6) is 0 Å². The lowest BCUT2D eigenvalue weighted by Crippen LogP contribution is -2.34. The fraction of sp³-hybridized carbons (Fsp3) is 1.00. The van der Waals surface area contributed by atoms with Crippen LogP contribution in [0.15, 0.2) is 0 Å². The molecular weight excluding hydrogens is 966 g/mol. The molecule has 18 nitrogen and oxygen atoms in total. The van der Waals surface area contributed by atoms with Crippen molar-refractivity contribution in [1.82, 2.24) is 0 Å². The minimum absolute atomic E-state index is 0.00385. The summed E-state index contributed by atoms with van der Waals surface area (Å²) in [5.41, 5.74) is -5.44. The van der Waals surface area contributed by atoms with Crippen molar-refractivity contribution in [2.24, 2.45) is 0 Å². The Morgan fingerprint density at radius 2 is 0.523 bits per heavy atom. The first-order valence-electron chi connectivity index (χ1n) is 24.1. The fourth-order valence-corrected chi connectivity index (χ4v) is 23.0. The highest BCUT2D eigenvalue weighted by atomic mass is 31.2. The van der Waals surface area contributed by atoms with Gasteiger partial charge in [0, 0.05) is 0 Å². The van der Waals surface area contributed by atoms with E-state index in [-0.39, 0.29) is 105 Å². The molecule has 0 aromatic rings. The SMILES string of the molecule is CCOP(=O)(OCC)C(C)CCC(CCCCC(C(CCC(C(CC)P(=O)(OCC)OCC)P(=O)(OCC)OCC)P(=O)(OCC)OCC)P(=O)(OCC)OCC)P(=O)(OCC)OCC. The molecule has 0 aliphatic heterocycles. The molecular formula is C41H90O18P6. The summed E-state index contributed by atoms with van der Waals surface area (Å²) < 4.78 is 159. The van der Waals surface area contributed by atoms with Crippen LogP contribution in [0.4, 0.5) is 0 Å². The maximum atomic E-state index is 15.3. The Bertz CT molecular complexity index is 1490. The highest BCUT2D eigenvalue weighted by Crippen LogP contribution is 2.70. The molecule has 0 radical (unpaired) electrons. The molecule has 0 aromatic heterocycles. The summed E-state index contributed by atoms with van der Waals surface area (Å²) in [6.45, 7) is 24.8. The lowest BCUT2D eigenvalue weighted by molar-refractivity contribution is 0.184. The molecule has 0 spiro atoms. The van der Waals surface area contributed by atoms with Gasteiger partial charge in [0.1, 0.15) is 0 Å². The molecule has 65 heavy (non-hydrogen) atoms. The molecule has 0 amide bonds. The summed E-state index contributed by atoms with van der Waals surface area (Å²) in [6, 6.07) is 0. The van der Waals surface area contributed by atoms with E-state index in [2.05, 4.69) is 0 Å². The predicted octanol–water partition coefficient (Wildman–Crippen LogP) is 14.3. The van der Waals surface area contributed by atoms with Crippen molar-refractivity contribution in [3.8, 4) is 0 Å². The van der Waals surface area contributed by atoms with Crippen LogP contribution in [0.3, 0.4) is 0 Å². The summed E-state index contributed by atoms with van der Waals surface area (Å²) in [5, 5.41) is 0. The molecule has 6 atom stereocenters. The van der Waals surface area contributed by atoms with E-state index in [4.69, 9.17) is 54.3 Å². The largest absolute Gasteiger partial charge is 0.334 e.